The van der Waals surface area contributed by atoms with Crippen LogP contribution >= 0.6 is 11.6 Å². The highest BCUT2D eigenvalue weighted by molar-refractivity contribution is 6.30. The van der Waals surface area contributed by atoms with Crippen LogP contribution in [0.4, 0.5) is 0 Å². The van der Waals surface area contributed by atoms with Crippen molar-refractivity contribution in [3.8, 4) is 17.0 Å². The highest BCUT2D eigenvalue weighted by Gasteiger charge is 2.25. The zero-order chi connectivity index (χ0) is 20.2. The highest BCUT2D eigenvalue weighted by atomic mass is 35.5. The summed E-state index contributed by atoms with van der Waals surface area (Å²) in [6.07, 6.45) is 1.96. The third-order valence-corrected chi connectivity index (χ3v) is 5.51. The number of carbonyl (C=O) groups excluding carboxylic acids is 1. The number of amides is 1. The molecule has 5 nitrogen and oxygen atoms in total. The number of aromatic nitrogens is 2. The Morgan fingerprint density at radius 1 is 1.24 bits per heavy atom. The van der Waals surface area contributed by atoms with Crippen molar-refractivity contribution in [3.05, 3.63) is 70.4 Å². The summed E-state index contributed by atoms with van der Waals surface area (Å²) < 4.78 is 5.81. The number of hydrogen-bond donors (Lipinski definition) is 1. The van der Waals surface area contributed by atoms with Gasteiger partial charge in [-0.1, -0.05) is 41.9 Å². The number of fused-ring (bicyclic) bond motifs is 1. The molecule has 0 bridgehead atoms. The first-order valence-electron chi connectivity index (χ1n) is 9.90. The minimum Gasteiger partial charge on any atom is -0.493 e. The number of carbonyl (C=O) groups is 1. The Balaban J connectivity index is 1.35. The number of aromatic amines is 1. The molecule has 0 spiro atoms. The second-order valence-electron chi connectivity index (χ2n) is 7.32. The molecule has 0 unspecified atom stereocenters. The van der Waals surface area contributed by atoms with E-state index in [2.05, 4.69) is 10.2 Å². The van der Waals surface area contributed by atoms with Crippen LogP contribution in [0.2, 0.25) is 5.02 Å². The first-order chi connectivity index (χ1) is 14.1. The molecule has 2 heterocycles. The Kier molecular flexibility index (Phi) is 5.86. The second kappa shape index (κ2) is 8.70. The molecule has 2 aromatic carbocycles. The number of para-hydroxylation sites is 1. The Bertz CT molecular complexity index is 1010. The van der Waals surface area contributed by atoms with Crippen molar-refractivity contribution in [2.24, 2.45) is 0 Å². The molecule has 0 atom stereocenters. The third kappa shape index (κ3) is 4.46. The minimum absolute atomic E-state index is 0.155. The molecular weight excluding hydrogens is 386 g/mol. The van der Waals surface area contributed by atoms with E-state index in [-0.39, 0.29) is 5.91 Å². The predicted octanol–water partition coefficient (Wildman–Crippen LogP) is 4.78. The second-order valence-corrected chi connectivity index (χ2v) is 7.76. The number of nitrogens with one attached hydrogen (secondary N) is 1. The predicted molar refractivity (Wildman–Crippen MR) is 114 cm³/mol. The van der Waals surface area contributed by atoms with E-state index in [0.29, 0.717) is 37.6 Å². The van der Waals surface area contributed by atoms with E-state index in [1.807, 2.05) is 60.4 Å². The van der Waals surface area contributed by atoms with Crippen molar-refractivity contribution in [2.75, 3.05) is 13.2 Å². The van der Waals surface area contributed by atoms with Crippen molar-refractivity contribution in [3.63, 3.8) is 0 Å². The molecule has 0 saturated heterocycles. The largest absolute Gasteiger partial charge is 0.493 e. The van der Waals surface area contributed by atoms with E-state index in [4.69, 9.17) is 16.3 Å². The summed E-state index contributed by atoms with van der Waals surface area (Å²) in [4.78, 5) is 14.6. The molecule has 6 heteroatoms. The summed E-state index contributed by atoms with van der Waals surface area (Å²) in [5, 5.41) is 8.28. The topological polar surface area (TPSA) is 58.2 Å². The van der Waals surface area contributed by atoms with Gasteiger partial charge in [0.05, 0.1) is 12.3 Å². The van der Waals surface area contributed by atoms with Gasteiger partial charge < -0.3 is 9.64 Å². The van der Waals surface area contributed by atoms with Gasteiger partial charge in [-0.05, 0) is 37.1 Å². The summed E-state index contributed by atoms with van der Waals surface area (Å²) in [7, 11) is 0. The van der Waals surface area contributed by atoms with E-state index in [9.17, 15) is 4.79 Å². The molecule has 0 fully saturated rings. The number of rotatable bonds is 6. The van der Waals surface area contributed by atoms with Crippen LogP contribution in [-0.2, 0) is 17.8 Å². The van der Waals surface area contributed by atoms with Gasteiger partial charge in [-0.25, -0.2) is 0 Å². The number of nitrogens with zero attached hydrogens (tertiary/aromatic N) is 2. The van der Waals surface area contributed by atoms with Gasteiger partial charge in [-0.3, -0.25) is 9.89 Å². The maximum absolute atomic E-state index is 12.7. The number of aryl methyl sites for hydroxylation is 1. The summed E-state index contributed by atoms with van der Waals surface area (Å²) in [6.45, 7) is 3.84. The van der Waals surface area contributed by atoms with Crippen LogP contribution in [-0.4, -0.2) is 34.2 Å². The van der Waals surface area contributed by atoms with Gasteiger partial charge in [0, 0.05) is 47.8 Å². The molecule has 1 aliphatic rings. The van der Waals surface area contributed by atoms with Gasteiger partial charge in [-0.2, -0.15) is 5.10 Å². The first-order valence-corrected chi connectivity index (χ1v) is 10.3. The van der Waals surface area contributed by atoms with E-state index < -0.39 is 0 Å². The number of hydrogen-bond acceptors (Lipinski definition) is 3. The zero-order valence-electron chi connectivity index (χ0n) is 16.5. The number of H-pyrrole nitrogens is 1. The molecule has 0 aliphatic carbocycles. The fourth-order valence-electron chi connectivity index (χ4n) is 3.66. The quantitative estimate of drug-likeness (QED) is 0.596. The van der Waals surface area contributed by atoms with Gasteiger partial charge >= 0.3 is 0 Å². The molecule has 1 amide bonds. The van der Waals surface area contributed by atoms with E-state index in [1.54, 1.807) is 0 Å². The molecule has 1 N–H and O–H groups in total. The molecule has 0 radical (unpaired) electrons. The fourth-order valence-corrected chi connectivity index (χ4v) is 3.85. The van der Waals surface area contributed by atoms with Gasteiger partial charge in [-0.15, -0.1) is 0 Å². The van der Waals surface area contributed by atoms with Crippen LogP contribution < -0.4 is 4.74 Å². The van der Waals surface area contributed by atoms with Crippen LogP contribution in [0.1, 0.15) is 29.7 Å². The van der Waals surface area contributed by atoms with Crippen LogP contribution in [0.3, 0.4) is 0 Å². The van der Waals surface area contributed by atoms with Crippen molar-refractivity contribution in [1.29, 1.82) is 0 Å². The molecule has 0 saturated carbocycles. The van der Waals surface area contributed by atoms with E-state index in [0.717, 1.165) is 40.2 Å². The molecule has 150 valence electrons. The molecule has 4 rings (SSSR count). The Hall–Kier alpha value is -2.79. The Labute approximate surface area is 175 Å². The van der Waals surface area contributed by atoms with Crippen LogP contribution in [0, 0.1) is 6.92 Å². The Morgan fingerprint density at radius 2 is 2.10 bits per heavy atom. The zero-order valence-corrected chi connectivity index (χ0v) is 17.2. The summed E-state index contributed by atoms with van der Waals surface area (Å²) in [5.74, 6) is 1.04. The van der Waals surface area contributed by atoms with Crippen molar-refractivity contribution in [1.82, 2.24) is 15.1 Å². The standard InChI is InChI=1S/C23H24ClN3O2/c1-16-6-2-3-9-21(16)29-13-5-10-22(28)27-12-11-20-19(15-27)23(26-25-20)17-7-4-8-18(24)14-17/h2-4,6-9,14H,5,10-13,15H2,1H3,(H,25,26). The average Bonchev–Trinajstić information content (AvgIpc) is 3.15. The molecule has 3 aromatic rings. The maximum Gasteiger partial charge on any atom is 0.223 e. The lowest BCUT2D eigenvalue weighted by Gasteiger charge is -2.27. The Morgan fingerprint density at radius 3 is 2.93 bits per heavy atom. The normalized spacial score (nSPS) is 13.2. The minimum atomic E-state index is 0.155. The molecule has 1 aromatic heterocycles. The molecule has 29 heavy (non-hydrogen) atoms. The van der Waals surface area contributed by atoms with Crippen LogP contribution in [0.25, 0.3) is 11.3 Å². The number of benzene rings is 2. The highest BCUT2D eigenvalue weighted by Crippen LogP contribution is 2.30. The summed E-state index contributed by atoms with van der Waals surface area (Å²) in [5.41, 5.74) is 5.14. The van der Waals surface area contributed by atoms with Gasteiger partial charge in [0.2, 0.25) is 5.91 Å². The summed E-state index contributed by atoms with van der Waals surface area (Å²) >= 11 is 6.13. The summed E-state index contributed by atoms with van der Waals surface area (Å²) in [6, 6.07) is 15.6. The van der Waals surface area contributed by atoms with Crippen molar-refractivity contribution < 1.29 is 9.53 Å². The SMILES string of the molecule is Cc1ccccc1OCCCC(=O)N1CCc2[nH]nc(-c3cccc(Cl)c3)c2C1. The van der Waals surface area contributed by atoms with Gasteiger partial charge in [0.15, 0.2) is 0 Å². The van der Waals surface area contributed by atoms with Gasteiger partial charge in [0.1, 0.15) is 5.75 Å². The van der Waals surface area contributed by atoms with E-state index >= 15 is 0 Å². The van der Waals surface area contributed by atoms with Crippen LogP contribution in [0.5, 0.6) is 5.75 Å². The number of ether oxygens (including phenoxy) is 1. The van der Waals surface area contributed by atoms with Crippen molar-refractivity contribution >= 4 is 17.5 Å². The van der Waals surface area contributed by atoms with Gasteiger partial charge in [0.25, 0.3) is 0 Å². The maximum atomic E-state index is 12.7. The average molecular weight is 410 g/mol. The first kappa shape index (κ1) is 19.5. The molecular formula is C23H24ClN3O2. The smallest absolute Gasteiger partial charge is 0.223 e. The lowest BCUT2D eigenvalue weighted by Crippen LogP contribution is -2.36. The lowest BCUT2D eigenvalue weighted by atomic mass is 10.0. The third-order valence-electron chi connectivity index (χ3n) is 5.27. The lowest BCUT2D eigenvalue weighted by molar-refractivity contribution is -0.132. The molecule has 1 aliphatic heterocycles. The monoisotopic (exact) mass is 409 g/mol. The van der Waals surface area contributed by atoms with Crippen LogP contribution in [0.15, 0.2) is 48.5 Å². The number of halogens is 1. The fraction of sp³-hybridized carbons (Fsp3) is 0.304. The van der Waals surface area contributed by atoms with E-state index in [1.165, 1.54) is 0 Å². The van der Waals surface area contributed by atoms with Crippen molar-refractivity contribution in [2.45, 2.75) is 32.7 Å².